The molecule has 2 amide bonds. The van der Waals surface area contributed by atoms with Crippen molar-refractivity contribution in [3.63, 3.8) is 0 Å². The Morgan fingerprint density at radius 1 is 0.793 bits per heavy atom. The van der Waals surface area contributed by atoms with Crippen LogP contribution in [0.4, 0.5) is 26.2 Å². The van der Waals surface area contributed by atoms with Gasteiger partial charge in [0.2, 0.25) is 0 Å². The molecule has 0 spiro atoms. The van der Waals surface area contributed by atoms with E-state index in [1.807, 2.05) is 30.3 Å². The molecule has 0 aromatic heterocycles. The highest BCUT2D eigenvalue weighted by molar-refractivity contribution is 5.97. The molecule has 0 aliphatic rings. The molecule has 3 aromatic carbocycles. The second-order valence-corrected chi connectivity index (χ2v) is 6.18. The third-order valence-corrected chi connectivity index (χ3v) is 4.13. The SMILES string of the molecule is COC(=O)Nc1ccc(NC(C(=O)Nc2ccc(F)cc2)c2ccccc2)cc1. The Morgan fingerprint density at radius 3 is 1.97 bits per heavy atom. The highest BCUT2D eigenvalue weighted by Gasteiger charge is 2.20. The molecule has 0 saturated heterocycles. The van der Waals surface area contributed by atoms with Gasteiger partial charge in [0.1, 0.15) is 11.9 Å². The zero-order chi connectivity index (χ0) is 20.6. The van der Waals surface area contributed by atoms with Gasteiger partial charge in [-0.05, 0) is 54.1 Å². The quantitative estimate of drug-likeness (QED) is 0.562. The van der Waals surface area contributed by atoms with Gasteiger partial charge in [0.15, 0.2) is 0 Å². The topological polar surface area (TPSA) is 79.5 Å². The summed E-state index contributed by atoms with van der Waals surface area (Å²) in [4.78, 5) is 24.2. The number of ether oxygens (including phenoxy) is 1. The van der Waals surface area contributed by atoms with Crippen molar-refractivity contribution in [3.8, 4) is 0 Å². The second-order valence-electron chi connectivity index (χ2n) is 6.18. The van der Waals surface area contributed by atoms with Crippen molar-refractivity contribution in [2.24, 2.45) is 0 Å². The lowest BCUT2D eigenvalue weighted by Crippen LogP contribution is -2.27. The molecule has 1 atom stereocenters. The van der Waals surface area contributed by atoms with Gasteiger partial charge in [0.05, 0.1) is 7.11 Å². The maximum atomic E-state index is 13.1. The van der Waals surface area contributed by atoms with E-state index in [-0.39, 0.29) is 11.7 Å². The molecule has 3 N–H and O–H groups in total. The largest absolute Gasteiger partial charge is 0.453 e. The summed E-state index contributed by atoms with van der Waals surface area (Å²) in [7, 11) is 1.29. The van der Waals surface area contributed by atoms with Crippen LogP contribution in [0.25, 0.3) is 0 Å². The summed E-state index contributed by atoms with van der Waals surface area (Å²) in [5.74, 6) is -0.666. The molecule has 148 valence electrons. The van der Waals surface area contributed by atoms with Gasteiger partial charge in [-0.15, -0.1) is 0 Å². The molecule has 0 fully saturated rings. The fraction of sp³-hybridized carbons (Fsp3) is 0.0909. The molecule has 0 saturated carbocycles. The lowest BCUT2D eigenvalue weighted by atomic mass is 10.1. The van der Waals surface area contributed by atoms with Crippen molar-refractivity contribution >= 4 is 29.1 Å². The van der Waals surface area contributed by atoms with Gasteiger partial charge < -0.3 is 15.4 Å². The summed E-state index contributed by atoms with van der Waals surface area (Å²) in [6, 6.07) is 21.0. The number of anilines is 3. The number of halogens is 1. The summed E-state index contributed by atoms with van der Waals surface area (Å²) in [5.41, 5.74) is 2.51. The Bertz CT molecular complexity index is 961. The number of rotatable bonds is 6. The van der Waals surface area contributed by atoms with E-state index in [1.165, 1.54) is 31.4 Å². The van der Waals surface area contributed by atoms with Crippen LogP contribution in [0.1, 0.15) is 11.6 Å². The zero-order valence-corrected chi connectivity index (χ0v) is 15.7. The highest BCUT2D eigenvalue weighted by atomic mass is 19.1. The van der Waals surface area contributed by atoms with E-state index < -0.39 is 12.1 Å². The first-order chi connectivity index (χ1) is 14.0. The van der Waals surface area contributed by atoms with E-state index in [0.29, 0.717) is 17.1 Å². The molecule has 0 bridgehead atoms. The minimum absolute atomic E-state index is 0.292. The molecule has 0 aliphatic heterocycles. The Labute approximate surface area is 167 Å². The molecule has 29 heavy (non-hydrogen) atoms. The van der Waals surface area contributed by atoms with E-state index in [0.717, 1.165) is 5.56 Å². The number of methoxy groups -OCH3 is 1. The molecule has 3 aromatic rings. The zero-order valence-electron chi connectivity index (χ0n) is 15.7. The minimum atomic E-state index is -0.680. The Morgan fingerprint density at radius 2 is 1.34 bits per heavy atom. The van der Waals surface area contributed by atoms with Crippen LogP contribution in [0.15, 0.2) is 78.9 Å². The Hall–Kier alpha value is -3.87. The number of carbonyl (C=O) groups is 2. The van der Waals surface area contributed by atoms with Crippen molar-refractivity contribution in [1.29, 1.82) is 0 Å². The monoisotopic (exact) mass is 393 g/mol. The molecule has 0 aliphatic carbocycles. The van der Waals surface area contributed by atoms with E-state index in [4.69, 9.17) is 0 Å². The van der Waals surface area contributed by atoms with Crippen molar-refractivity contribution in [3.05, 3.63) is 90.2 Å². The average Bonchev–Trinajstić information content (AvgIpc) is 2.75. The summed E-state index contributed by atoms with van der Waals surface area (Å²) in [5, 5.41) is 8.55. The van der Waals surface area contributed by atoms with Crippen LogP contribution >= 0.6 is 0 Å². The standard InChI is InChI=1S/C22H20FN3O3/c1-29-22(28)26-19-13-11-17(12-14-19)24-20(15-5-3-2-4-6-15)21(27)25-18-9-7-16(23)8-10-18/h2-14,20,24H,1H3,(H,25,27)(H,26,28). The van der Waals surface area contributed by atoms with Crippen molar-refractivity contribution in [2.45, 2.75) is 6.04 Å². The first-order valence-electron chi connectivity index (χ1n) is 8.88. The lowest BCUT2D eigenvalue weighted by Gasteiger charge is -2.20. The summed E-state index contributed by atoms with van der Waals surface area (Å²) >= 11 is 0. The van der Waals surface area contributed by atoms with Crippen LogP contribution in [0.3, 0.4) is 0 Å². The summed E-state index contributed by atoms with van der Waals surface area (Å²) in [6.45, 7) is 0. The van der Waals surface area contributed by atoms with Gasteiger partial charge in [-0.3, -0.25) is 10.1 Å². The Kier molecular flexibility index (Phi) is 6.42. The fourth-order valence-electron chi connectivity index (χ4n) is 2.68. The van der Waals surface area contributed by atoms with Gasteiger partial charge in [0.25, 0.3) is 5.91 Å². The number of benzene rings is 3. The summed E-state index contributed by atoms with van der Waals surface area (Å²) < 4.78 is 17.7. The average molecular weight is 393 g/mol. The Balaban J connectivity index is 1.78. The summed E-state index contributed by atoms with van der Waals surface area (Å²) in [6.07, 6.45) is -0.563. The van der Waals surface area contributed by atoms with E-state index in [9.17, 15) is 14.0 Å². The number of hydrogen-bond acceptors (Lipinski definition) is 4. The molecule has 0 heterocycles. The van der Waals surface area contributed by atoms with Gasteiger partial charge in [-0.1, -0.05) is 30.3 Å². The molecular weight excluding hydrogens is 373 g/mol. The molecule has 6 nitrogen and oxygen atoms in total. The highest BCUT2D eigenvalue weighted by Crippen LogP contribution is 2.23. The van der Waals surface area contributed by atoms with Crippen LogP contribution in [-0.2, 0) is 9.53 Å². The van der Waals surface area contributed by atoms with Crippen molar-refractivity contribution in [2.75, 3.05) is 23.1 Å². The van der Waals surface area contributed by atoms with Crippen LogP contribution in [0.2, 0.25) is 0 Å². The van der Waals surface area contributed by atoms with Gasteiger partial charge in [-0.2, -0.15) is 0 Å². The van der Waals surface area contributed by atoms with Gasteiger partial charge in [-0.25, -0.2) is 9.18 Å². The van der Waals surface area contributed by atoms with Gasteiger partial charge in [0, 0.05) is 17.1 Å². The third-order valence-electron chi connectivity index (χ3n) is 4.13. The van der Waals surface area contributed by atoms with Crippen LogP contribution in [0.5, 0.6) is 0 Å². The van der Waals surface area contributed by atoms with E-state index >= 15 is 0 Å². The van der Waals surface area contributed by atoms with E-state index in [2.05, 4.69) is 20.7 Å². The number of amides is 2. The normalized spacial score (nSPS) is 11.2. The van der Waals surface area contributed by atoms with Crippen LogP contribution in [0, 0.1) is 5.82 Å². The van der Waals surface area contributed by atoms with Crippen molar-refractivity contribution in [1.82, 2.24) is 0 Å². The maximum absolute atomic E-state index is 13.1. The molecule has 7 heteroatoms. The smallest absolute Gasteiger partial charge is 0.411 e. The van der Waals surface area contributed by atoms with E-state index in [1.54, 1.807) is 24.3 Å². The maximum Gasteiger partial charge on any atom is 0.411 e. The number of carbonyl (C=O) groups excluding carboxylic acids is 2. The number of nitrogens with one attached hydrogen (secondary N) is 3. The van der Waals surface area contributed by atoms with Gasteiger partial charge >= 0.3 is 6.09 Å². The molecule has 1 unspecified atom stereocenters. The molecule has 3 rings (SSSR count). The minimum Gasteiger partial charge on any atom is -0.453 e. The van der Waals surface area contributed by atoms with Crippen molar-refractivity contribution < 1.29 is 18.7 Å². The fourth-order valence-corrected chi connectivity index (χ4v) is 2.68. The first kappa shape index (κ1) is 19.9. The second kappa shape index (κ2) is 9.36. The van der Waals surface area contributed by atoms with Crippen LogP contribution in [-0.4, -0.2) is 19.1 Å². The number of hydrogen-bond donors (Lipinski definition) is 3. The molecule has 0 radical (unpaired) electrons. The third kappa shape index (κ3) is 5.55. The predicted octanol–water partition coefficient (Wildman–Crippen LogP) is 4.80. The molecular formula is C22H20FN3O3. The lowest BCUT2D eigenvalue weighted by molar-refractivity contribution is -0.117. The first-order valence-corrected chi connectivity index (χ1v) is 8.88. The van der Waals surface area contributed by atoms with Crippen LogP contribution < -0.4 is 16.0 Å². The predicted molar refractivity (Wildman–Crippen MR) is 110 cm³/mol.